The van der Waals surface area contributed by atoms with Crippen molar-refractivity contribution in [1.29, 1.82) is 0 Å². The summed E-state index contributed by atoms with van der Waals surface area (Å²) >= 11 is 0. The minimum atomic E-state index is 1.03. The summed E-state index contributed by atoms with van der Waals surface area (Å²) in [6.45, 7) is 16.3. The van der Waals surface area contributed by atoms with Gasteiger partial charge in [0, 0.05) is 47.0 Å². The Labute approximate surface area is 319 Å². The lowest BCUT2D eigenvalue weighted by molar-refractivity contribution is 0.981. The number of benzene rings is 7. The van der Waals surface area contributed by atoms with E-state index in [0.29, 0.717) is 0 Å². The fraction of sp³-hybridized carbons (Fsp3) is 0.115. The third-order valence-electron chi connectivity index (χ3n) is 10.6. The quantitative estimate of drug-likeness (QED) is 0.0961. The van der Waals surface area contributed by atoms with Gasteiger partial charge in [0.25, 0.3) is 0 Å². The van der Waals surface area contributed by atoms with E-state index in [9.17, 15) is 0 Å². The molecule has 0 radical (unpaired) electrons. The van der Waals surface area contributed by atoms with E-state index in [-0.39, 0.29) is 0 Å². The van der Waals surface area contributed by atoms with Crippen LogP contribution in [0.15, 0.2) is 165 Å². The van der Waals surface area contributed by atoms with Gasteiger partial charge in [-0.3, -0.25) is 0 Å². The molecule has 0 saturated heterocycles. The molecule has 9 rings (SSSR count). The third kappa shape index (κ3) is 6.24. The van der Waals surface area contributed by atoms with Crippen molar-refractivity contribution in [1.82, 2.24) is 9.13 Å². The van der Waals surface area contributed by atoms with Gasteiger partial charge >= 0.3 is 0 Å². The Bertz CT molecular complexity index is 2900. The first kappa shape index (κ1) is 36.0. The van der Waals surface area contributed by atoms with Gasteiger partial charge in [-0.15, -0.1) is 6.58 Å². The average Bonchev–Trinajstić information content (AvgIpc) is 3.74. The highest BCUT2D eigenvalue weighted by atomic mass is 15.0. The SMILES string of the molecule is C/C=C\c1cc(-c2cc3ccc4c5ccc6c(ccc7cc(-c8ccc9ccccc9c8)n(C)c76)c5ccc4c3n2C)ccc1CC.C=CC.C=CC=C. The van der Waals surface area contributed by atoms with E-state index in [1.54, 1.807) is 18.2 Å². The van der Waals surface area contributed by atoms with E-state index in [1.807, 2.05) is 6.92 Å². The van der Waals surface area contributed by atoms with E-state index in [4.69, 9.17) is 0 Å². The molecule has 0 atom stereocenters. The van der Waals surface area contributed by atoms with Crippen molar-refractivity contribution in [2.24, 2.45) is 14.1 Å². The van der Waals surface area contributed by atoms with Crippen molar-refractivity contribution in [3.05, 3.63) is 176 Å². The predicted molar refractivity (Wildman–Crippen MR) is 241 cm³/mol. The summed E-state index contributed by atoms with van der Waals surface area (Å²) in [7, 11) is 4.42. The van der Waals surface area contributed by atoms with Crippen molar-refractivity contribution in [2.75, 3.05) is 0 Å². The van der Waals surface area contributed by atoms with Crippen molar-refractivity contribution in [3.63, 3.8) is 0 Å². The van der Waals surface area contributed by atoms with Crippen LogP contribution < -0.4 is 0 Å². The van der Waals surface area contributed by atoms with Crippen LogP contribution in [0.4, 0.5) is 0 Å². The van der Waals surface area contributed by atoms with Crippen LogP contribution in [0.5, 0.6) is 0 Å². The summed E-state index contributed by atoms with van der Waals surface area (Å²) in [4.78, 5) is 0. The highest BCUT2D eigenvalue weighted by Gasteiger charge is 2.16. The minimum Gasteiger partial charge on any atom is -0.343 e. The molecule has 2 nitrogen and oxygen atoms in total. The summed E-state index contributed by atoms with van der Waals surface area (Å²) in [5.41, 5.74) is 10.2. The molecular weight excluding hydrogens is 653 g/mol. The summed E-state index contributed by atoms with van der Waals surface area (Å²) in [6.07, 6.45) is 10.4. The highest BCUT2D eigenvalue weighted by molar-refractivity contribution is 6.24. The number of hydrogen-bond acceptors (Lipinski definition) is 0. The van der Waals surface area contributed by atoms with Crippen molar-refractivity contribution in [3.8, 4) is 22.5 Å². The molecule has 0 saturated carbocycles. The zero-order valence-corrected chi connectivity index (χ0v) is 32.2. The Balaban J connectivity index is 0.000000597. The van der Waals surface area contributed by atoms with Crippen molar-refractivity contribution >= 4 is 71.0 Å². The lowest BCUT2D eigenvalue weighted by Crippen LogP contribution is -1.94. The Morgan fingerprint density at radius 1 is 0.500 bits per heavy atom. The molecule has 0 fully saturated rings. The normalized spacial score (nSPS) is 11.3. The molecule has 0 amide bonds. The maximum Gasteiger partial charge on any atom is 0.0562 e. The molecule has 2 aromatic heterocycles. The molecule has 0 N–H and O–H groups in total. The summed E-state index contributed by atoms with van der Waals surface area (Å²) in [5.74, 6) is 0. The molecule has 0 aliphatic heterocycles. The van der Waals surface area contributed by atoms with Crippen molar-refractivity contribution < 1.29 is 0 Å². The third-order valence-corrected chi connectivity index (χ3v) is 10.6. The standard InChI is InChI=1S/C45H36N2.C4H6.C3H6/c1-5-9-30-24-32(14-12-28(30)6-2)42-26-34-16-18-38-36-21-23-41-39(37(36)20-22-40(38)44(34)46(42)3)19-17-35-27-43(47(4)45(35)41)33-15-13-29-10-7-8-11-31(29)25-33;1-3-4-2;1-3-2/h5,7-27H,6H2,1-4H3;3-4H,1-2H2;3H,1H2,2H3/b9-5-;;. The molecule has 9 aromatic rings. The molecule has 0 unspecified atom stereocenters. The smallest absolute Gasteiger partial charge is 0.0562 e. The Morgan fingerprint density at radius 2 is 0.944 bits per heavy atom. The van der Waals surface area contributed by atoms with Gasteiger partial charge in [0.05, 0.1) is 11.0 Å². The van der Waals surface area contributed by atoms with Crippen LogP contribution in [0.3, 0.4) is 0 Å². The van der Waals surface area contributed by atoms with Gasteiger partial charge in [0.2, 0.25) is 0 Å². The zero-order valence-electron chi connectivity index (χ0n) is 32.2. The molecule has 2 heteroatoms. The number of allylic oxidation sites excluding steroid dienone is 4. The summed E-state index contributed by atoms with van der Waals surface area (Å²) in [6, 6.07) is 45.5. The first-order valence-electron chi connectivity index (χ1n) is 18.8. The number of aryl methyl sites for hydroxylation is 3. The molecule has 0 aliphatic carbocycles. The second-order valence-corrected chi connectivity index (χ2v) is 13.8. The van der Waals surface area contributed by atoms with E-state index in [2.05, 4.69) is 190 Å². The number of rotatable bonds is 5. The zero-order chi connectivity index (χ0) is 37.9. The average molecular weight is 701 g/mol. The number of nitrogens with zero attached hydrogens (tertiary/aromatic N) is 2. The first-order valence-corrected chi connectivity index (χ1v) is 18.8. The van der Waals surface area contributed by atoms with Crippen LogP contribution in [0.25, 0.3) is 93.5 Å². The van der Waals surface area contributed by atoms with Crippen LogP contribution >= 0.6 is 0 Å². The van der Waals surface area contributed by atoms with Crippen LogP contribution in [-0.2, 0) is 20.5 Å². The van der Waals surface area contributed by atoms with Crippen LogP contribution in [0.1, 0.15) is 31.9 Å². The molecular formula is C52H48N2. The topological polar surface area (TPSA) is 9.86 Å². The molecule has 2 heterocycles. The fourth-order valence-corrected chi connectivity index (χ4v) is 8.06. The van der Waals surface area contributed by atoms with E-state index in [0.717, 1.165) is 6.42 Å². The predicted octanol–water partition coefficient (Wildman–Crippen LogP) is 14.8. The number of fused-ring (bicyclic) bond motifs is 10. The second-order valence-electron chi connectivity index (χ2n) is 13.8. The van der Waals surface area contributed by atoms with Crippen LogP contribution in [0, 0.1) is 0 Å². The van der Waals surface area contributed by atoms with Gasteiger partial charge in [0.1, 0.15) is 0 Å². The summed E-state index contributed by atoms with van der Waals surface area (Å²) in [5, 5.41) is 12.8. The van der Waals surface area contributed by atoms with Gasteiger partial charge < -0.3 is 9.13 Å². The maximum absolute atomic E-state index is 3.36. The Morgan fingerprint density at radius 3 is 1.46 bits per heavy atom. The van der Waals surface area contributed by atoms with Gasteiger partial charge in [-0.2, -0.15) is 0 Å². The van der Waals surface area contributed by atoms with Crippen LogP contribution in [0.2, 0.25) is 0 Å². The molecule has 54 heavy (non-hydrogen) atoms. The van der Waals surface area contributed by atoms with Gasteiger partial charge in [0.15, 0.2) is 0 Å². The second kappa shape index (κ2) is 15.3. The molecule has 266 valence electrons. The molecule has 7 aromatic carbocycles. The first-order chi connectivity index (χ1) is 26.4. The summed E-state index contributed by atoms with van der Waals surface area (Å²) < 4.78 is 4.76. The Kier molecular flexibility index (Phi) is 10.2. The highest BCUT2D eigenvalue weighted by Crippen LogP contribution is 2.40. The van der Waals surface area contributed by atoms with Crippen molar-refractivity contribution in [2.45, 2.75) is 27.2 Å². The maximum atomic E-state index is 3.36. The van der Waals surface area contributed by atoms with Gasteiger partial charge in [-0.05, 0) is 99.1 Å². The molecule has 0 bridgehead atoms. The Hall–Kier alpha value is -6.38. The van der Waals surface area contributed by atoms with E-state index < -0.39 is 0 Å². The van der Waals surface area contributed by atoms with E-state index in [1.165, 1.54) is 98.5 Å². The lowest BCUT2D eigenvalue weighted by Gasteiger charge is -2.12. The lowest BCUT2D eigenvalue weighted by atomic mass is 9.95. The number of hydrogen-bond donors (Lipinski definition) is 0. The minimum absolute atomic E-state index is 1.03. The van der Waals surface area contributed by atoms with Gasteiger partial charge in [-0.1, -0.05) is 148 Å². The van der Waals surface area contributed by atoms with Gasteiger partial charge in [-0.25, -0.2) is 0 Å². The molecule has 0 aliphatic rings. The largest absolute Gasteiger partial charge is 0.343 e. The monoisotopic (exact) mass is 700 g/mol. The van der Waals surface area contributed by atoms with E-state index >= 15 is 0 Å². The molecule has 0 spiro atoms. The van der Waals surface area contributed by atoms with Crippen LogP contribution in [-0.4, -0.2) is 9.13 Å². The fourth-order valence-electron chi connectivity index (χ4n) is 8.06. The number of aromatic nitrogens is 2.